The van der Waals surface area contributed by atoms with Crippen molar-refractivity contribution in [2.45, 2.75) is 13.0 Å². The molecule has 0 aromatic carbocycles. The van der Waals surface area contributed by atoms with E-state index in [2.05, 4.69) is 15.0 Å². The minimum atomic E-state index is -0.183. The number of rotatable bonds is 5. The number of amides is 1. The Balaban J connectivity index is 1.37. The van der Waals surface area contributed by atoms with Gasteiger partial charge in [0.2, 0.25) is 0 Å². The second-order valence-corrected chi connectivity index (χ2v) is 7.32. The van der Waals surface area contributed by atoms with Gasteiger partial charge in [0, 0.05) is 35.6 Å². The first kappa shape index (κ1) is 18.5. The average Bonchev–Trinajstić information content (AvgIpc) is 3.24. The Kier molecular flexibility index (Phi) is 5.59. The SMILES string of the molecule is Cc1ccc(OCC2CN(C(=O)c3csc(-c4ccncc4)n3)CCO2)cn1. The van der Waals surface area contributed by atoms with E-state index in [0.717, 1.165) is 16.3 Å². The first-order valence-electron chi connectivity index (χ1n) is 9.01. The summed E-state index contributed by atoms with van der Waals surface area (Å²) in [4.78, 5) is 27.4. The number of aryl methyl sites for hydroxylation is 1. The summed E-state index contributed by atoms with van der Waals surface area (Å²) in [7, 11) is 0. The molecule has 0 bridgehead atoms. The topological polar surface area (TPSA) is 77.4 Å². The number of pyridine rings is 2. The molecule has 144 valence electrons. The van der Waals surface area contributed by atoms with Crippen LogP contribution in [0, 0.1) is 6.92 Å². The summed E-state index contributed by atoms with van der Waals surface area (Å²) in [6.45, 7) is 3.79. The highest BCUT2D eigenvalue weighted by molar-refractivity contribution is 7.13. The minimum Gasteiger partial charge on any atom is -0.489 e. The zero-order valence-corrected chi connectivity index (χ0v) is 16.3. The number of hydrogen-bond donors (Lipinski definition) is 0. The normalized spacial score (nSPS) is 16.8. The third kappa shape index (κ3) is 4.35. The van der Waals surface area contributed by atoms with Crippen molar-refractivity contribution in [2.75, 3.05) is 26.3 Å². The molecule has 1 amide bonds. The number of carbonyl (C=O) groups is 1. The van der Waals surface area contributed by atoms with Crippen LogP contribution in [0.5, 0.6) is 5.75 Å². The number of aromatic nitrogens is 3. The van der Waals surface area contributed by atoms with Crippen LogP contribution in [-0.4, -0.2) is 58.2 Å². The zero-order valence-electron chi connectivity index (χ0n) is 15.4. The molecule has 4 heterocycles. The maximum absolute atomic E-state index is 12.9. The van der Waals surface area contributed by atoms with Crippen molar-refractivity contribution in [1.29, 1.82) is 0 Å². The van der Waals surface area contributed by atoms with Crippen molar-refractivity contribution in [3.63, 3.8) is 0 Å². The van der Waals surface area contributed by atoms with Gasteiger partial charge < -0.3 is 14.4 Å². The van der Waals surface area contributed by atoms with Gasteiger partial charge >= 0.3 is 0 Å². The van der Waals surface area contributed by atoms with Crippen molar-refractivity contribution in [3.05, 3.63) is 59.6 Å². The molecule has 0 radical (unpaired) electrons. The first-order chi connectivity index (χ1) is 13.7. The predicted octanol–water partition coefficient (Wildman–Crippen LogP) is 2.83. The van der Waals surface area contributed by atoms with Crippen LogP contribution in [0.25, 0.3) is 10.6 Å². The van der Waals surface area contributed by atoms with Crippen molar-refractivity contribution in [2.24, 2.45) is 0 Å². The van der Waals surface area contributed by atoms with Gasteiger partial charge in [0.15, 0.2) is 0 Å². The summed E-state index contributed by atoms with van der Waals surface area (Å²) in [6, 6.07) is 7.55. The van der Waals surface area contributed by atoms with Crippen LogP contribution < -0.4 is 4.74 Å². The summed E-state index contributed by atoms with van der Waals surface area (Å²) in [5.74, 6) is 0.612. The zero-order chi connectivity index (χ0) is 19.3. The molecule has 0 N–H and O–H groups in total. The second-order valence-electron chi connectivity index (χ2n) is 6.46. The molecule has 1 unspecified atom stereocenters. The van der Waals surface area contributed by atoms with Crippen LogP contribution in [-0.2, 0) is 4.74 Å². The van der Waals surface area contributed by atoms with Crippen LogP contribution in [0.15, 0.2) is 48.2 Å². The number of nitrogens with zero attached hydrogens (tertiary/aromatic N) is 4. The van der Waals surface area contributed by atoms with E-state index < -0.39 is 0 Å². The number of hydrogen-bond acceptors (Lipinski definition) is 7. The third-order valence-electron chi connectivity index (χ3n) is 4.40. The van der Waals surface area contributed by atoms with Crippen molar-refractivity contribution < 1.29 is 14.3 Å². The van der Waals surface area contributed by atoms with Crippen molar-refractivity contribution in [1.82, 2.24) is 19.9 Å². The summed E-state index contributed by atoms with van der Waals surface area (Å²) in [5, 5.41) is 2.61. The van der Waals surface area contributed by atoms with Gasteiger partial charge in [0.05, 0.1) is 19.3 Å². The lowest BCUT2D eigenvalue weighted by molar-refractivity contribution is -0.0402. The fourth-order valence-electron chi connectivity index (χ4n) is 2.89. The molecule has 3 aromatic rings. The monoisotopic (exact) mass is 396 g/mol. The molecule has 0 saturated carbocycles. The van der Waals surface area contributed by atoms with E-state index in [1.165, 1.54) is 11.3 Å². The van der Waals surface area contributed by atoms with Gasteiger partial charge in [-0.2, -0.15) is 0 Å². The minimum absolute atomic E-state index is 0.0816. The molecule has 3 aromatic heterocycles. The fraction of sp³-hybridized carbons (Fsp3) is 0.300. The molecule has 1 aliphatic heterocycles. The lowest BCUT2D eigenvalue weighted by Crippen LogP contribution is -2.47. The standard InChI is InChI=1S/C20H20N4O3S/c1-14-2-3-16(10-22-14)27-12-17-11-24(8-9-26-17)20(25)18-13-28-19(23-18)15-4-6-21-7-5-15/h2-7,10,13,17H,8-9,11-12H2,1H3. The van der Waals surface area contributed by atoms with E-state index in [1.807, 2.05) is 31.2 Å². The van der Waals surface area contributed by atoms with Gasteiger partial charge in [-0.15, -0.1) is 11.3 Å². The molecule has 7 nitrogen and oxygen atoms in total. The number of carbonyl (C=O) groups excluding carboxylic acids is 1. The van der Waals surface area contributed by atoms with Gasteiger partial charge in [-0.05, 0) is 31.2 Å². The molecule has 1 atom stereocenters. The van der Waals surface area contributed by atoms with E-state index in [-0.39, 0.29) is 12.0 Å². The van der Waals surface area contributed by atoms with E-state index in [4.69, 9.17) is 9.47 Å². The van der Waals surface area contributed by atoms with Gasteiger partial charge in [-0.25, -0.2) is 4.98 Å². The Morgan fingerprint density at radius 3 is 2.96 bits per heavy atom. The Bertz CT molecular complexity index is 930. The van der Waals surface area contributed by atoms with Gasteiger partial charge in [-0.3, -0.25) is 14.8 Å². The molecular weight excluding hydrogens is 376 g/mol. The highest BCUT2D eigenvalue weighted by Gasteiger charge is 2.27. The molecule has 0 aliphatic carbocycles. The first-order valence-corrected chi connectivity index (χ1v) is 9.89. The maximum Gasteiger partial charge on any atom is 0.273 e. The van der Waals surface area contributed by atoms with Crippen molar-refractivity contribution >= 4 is 17.2 Å². The lowest BCUT2D eigenvalue weighted by atomic mass is 10.2. The second kappa shape index (κ2) is 8.45. The Hall–Kier alpha value is -2.84. The summed E-state index contributed by atoms with van der Waals surface area (Å²) in [5.41, 5.74) is 2.35. The summed E-state index contributed by atoms with van der Waals surface area (Å²) < 4.78 is 11.5. The molecule has 1 saturated heterocycles. The number of morpholine rings is 1. The fourth-order valence-corrected chi connectivity index (χ4v) is 3.69. The lowest BCUT2D eigenvalue weighted by Gasteiger charge is -2.32. The molecular formula is C20H20N4O3S. The number of ether oxygens (including phenoxy) is 2. The predicted molar refractivity (Wildman–Crippen MR) is 105 cm³/mol. The Morgan fingerprint density at radius 2 is 2.18 bits per heavy atom. The molecule has 1 fully saturated rings. The highest BCUT2D eigenvalue weighted by atomic mass is 32.1. The molecule has 4 rings (SSSR count). The number of thiazole rings is 1. The van der Waals surface area contributed by atoms with Crippen molar-refractivity contribution in [3.8, 4) is 16.3 Å². The smallest absolute Gasteiger partial charge is 0.273 e. The Morgan fingerprint density at radius 1 is 1.32 bits per heavy atom. The van der Waals surface area contributed by atoms with E-state index in [1.54, 1.807) is 28.9 Å². The summed E-state index contributed by atoms with van der Waals surface area (Å²) in [6.07, 6.45) is 4.94. The molecule has 8 heteroatoms. The average molecular weight is 396 g/mol. The largest absolute Gasteiger partial charge is 0.489 e. The van der Waals surface area contributed by atoms with Crippen LogP contribution in [0.1, 0.15) is 16.2 Å². The third-order valence-corrected chi connectivity index (χ3v) is 5.29. The van der Waals surface area contributed by atoms with Gasteiger partial charge in [0.1, 0.15) is 29.2 Å². The van der Waals surface area contributed by atoms with E-state index in [0.29, 0.717) is 37.7 Å². The van der Waals surface area contributed by atoms with E-state index >= 15 is 0 Å². The van der Waals surface area contributed by atoms with Crippen LogP contribution in [0.2, 0.25) is 0 Å². The van der Waals surface area contributed by atoms with Gasteiger partial charge in [-0.1, -0.05) is 0 Å². The summed E-state index contributed by atoms with van der Waals surface area (Å²) >= 11 is 1.46. The Labute approximate surface area is 167 Å². The quantitative estimate of drug-likeness (QED) is 0.660. The molecule has 0 spiro atoms. The maximum atomic E-state index is 12.9. The highest BCUT2D eigenvalue weighted by Crippen LogP contribution is 2.24. The van der Waals surface area contributed by atoms with Gasteiger partial charge in [0.25, 0.3) is 5.91 Å². The van der Waals surface area contributed by atoms with Crippen LogP contribution >= 0.6 is 11.3 Å². The van der Waals surface area contributed by atoms with E-state index in [9.17, 15) is 4.79 Å². The van der Waals surface area contributed by atoms with Crippen LogP contribution in [0.4, 0.5) is 0 Å². The van der Waals surface area contributed by atoms with Crippen LogP contribution in [0.3, 0.4) is 0 Å². The molecule has 1 aliphatic rings. The molecule has 28 heavy (non-hydrogen) atoms.